The van der Waals surface area contributed by atoms with Gasteiger partial charge in [0.25, 0.3) is 0 Å². The zero-order chi connectivity index (χ0) is 15.0. The molecule has 0 unspecified atom stereocenters. The molecule has 3 aromatic rings. The fourth-order valence-electron chi connectivity index (χ4n) is 2.13. The predicted octanol–water partition coefficient (Wildman–Crippen LogP) is 4.07. The number of fused-ring (bicyclic) bond motifs is 1. The van der Waals surface area contributed by atoms with Crippen molar-refractivity contribution in [2.75, 3.05) is 7.11 Å². The van der Waals surface area contributed by atoms with Crippen LogP contribution in [-0.4, -0.2) is 21.6 Å². The minimum absolute atomic E-state index is 0.138. The van der Waals surface area contributed by atoms with E-state index in [4.69, 9.17) is 16.3 Å². The highest BCUT2D eigenvalue weighted by molar-refractivity contribution is 9.10. The summed E-state index contributed by atoms with van der Waals surface area (Å²) in [5.41, 5.74) is 1.45. The van der Waals surface area contributed by atoms with Gasteiger partial charge >= 0.3 is 0 Å². The first kappa shape index (κ1) is 14.3. The van der Waals surface area contributed by atoms with Crippen LogP contribution < -0.4 is 4.74 Å². The molecule has 21 heavy (non-hydrogen) atoms. The Bertz CT molecular complexity index is 801. The van der Waals surface area contributed by atoms with Gasteiger partial charge in [-0.05, 0) is 34.1 Å². The quantitative estimate of drug-likeness (QED) is 0.653. The molecule has 0 radical (unpaired) electrons. The molecule has 0 saturated heterocycles. The second kappa shape index (κ2) is 5.61. The molecule has 0 aliphatic rings. The number of rotatable bonds is 3. The standard InChI is InChI=1S/C14H10BrClFN3O/c1-21-12-6-5-10-14(19-12)20(11(7-16)18-10)13-8(15)3-2-4-9(13)17/h2-6H,7H2,1H3. The summed E-state index contributed by atoms with van der Waals surface area (Å²) in [5.74, 6) is 0.689. The van der Waals surface area contributed by atoms with Gasteiger partial charge < -0.3 is 4.74 Å². The summed E-state index contributed by atoms with van der Waals surface area (Å²) >= 11 is 9.31. The Hall–Kier alpha value is -1.66. The third kappa shape index (κ3) is 2.38. The molecule has 0 spiro atoms. The van der Waals surface area contributed by atoms with Crippen molar-refractivity contribution in [1.82, 2.24) is 14.5 Å². The summed E-state index contributed by atoms with van der Waals surface area (Å²) in [6, 6.07) is 8.22. The van der Waals surface area contributed by atoms with Gasteiger partial charge in [0.05, 0.1) is 18.7 Å². The van der Waals surface area contributed by atoms with Gasteiger partial charge in [-0.15, -0.1) is 11.6 Å². The maximum absolute atomic E-state index is 14.3. The molecule has 3 rings (SSSR count). The van der Waals surface area contributed by atoms with Crippen LogP contribution in [0.2, 0.25) is 0 Å². The number of imidazole rings is 1. The molecule has 0 atom stereocenters. The molecule has 0 aliphatic carbocycles. The average Bonchev–Trinajstić information content (AvgIpc) is 2.85. The highest BCUT2D eigenvalue weighted by atomic mass is 79.9. The van der Waals surface area contributed by atoms with Crippen molar-refractivity contribution in [3.63, 3.8) is 0 Å². The van der Waals surface area contributed by atoms with Crippen LogP contribution in [0.3, 0.4) is 0 Å². The third-order valence-electron chi connectivity index (χ3n) is 3.04. The highest BCUT2D eigenvalue weighted by Gasteiger charge is 2.18. The van der Waals surface area contributed by atoms with Crippen LogP contribution in [0.1, 0.15) is 5.82 Å². The molecular formula is C14H10BrClFN3O. The van der Waals surface area contributed by atoms with Gasteiger partial charge in [-0.3, -0.25) is 4.57 Å². The van der Waals surface area contributed by atoms with Crippen molar-refractivity contribution in [2.45, 2.75) is 5.88 Å². The molecule has 108 valence electrons. The fourth-order valence-corrected chi connectivity index (χ4v) is 2.83. The van der Waals surface area contributed by atoms with Gasteiger partial charge in [-0.25, -0.2) is 9.37 Å². The van der Waals surface area contributed by atoms with Gasteiger partial charge in [-0.1, -0.05) is 6.07 Å². The summed E-state index contributed by atoms with van der Waals surface area (Å²) in [6.45, 7) is 0. The second-order valence-electron chi connectivity index (χ2n) is 4.26. The molecule has 0 N–H and O–H groups in total. The Labute approximate surface area is 133 Å². The van der Waals surface area contributed by atoms with Crippen molar-refractivity contribution in [3.05, 3.63) is 46.4 Å². The number of benzene rings is 1. The number of halogens is 3. The second-order valence-corrected chi connectivity index (χ2v) is 5.39. The Kier molecular flexibility index (Phi) is 3.82. The van der Waals surface area contributed by atoms with Gasteiger partial charge in [0.1, 0.15) is 17.2 Å². The molecule has 7 heteroatoms. The van der Waals surface area contributed by atoms with E-state index >= 15 is 0 Å². The van der Waals surface area contributed by atoms with E-state index in [9.17, 15) is 4.39 Å². The molecule has 2 heterocycles. The molecule has 0 saturated carbocycles. The molecule has 1 aromatic carbocycles. The summed E-state index contributed by atoms with van der Waals surface area (Å²) in [6.07, 6.45) is 0. The fraction of sp³-hybridized carbons (Fsp3) is 0.143. The Morgan fingerprint density at radius 1 is 1.29 bits per heavy atom. The van der Waals surface area contributed by atoms with Gasteiger partial charge in [-0.2, -0.15) is 4.98 Å². The van der Waals surface area contributed by atoms with Crippen LogP contribution in [-0.2, 0) is 5.88 Å². The molecule has 0 amide bonds. The molecular weight excluding hydrogens is 361 g/mol. The van der Waals surface area contributed by atoms with Crippen LogP contribution in [0.5, 0.6) is 5.88 Å². The number of hydrogen-bond acceptors (Lipinski definition) is 3. The summed E-state index contributed by atoms with van der Waals surface area (Å²) in [4.78, 5) is 8.74. The van der Waals surface area contributed by atoms with Crippen molar-refractivity contribution >= 4 is 38.7 Å². The lowest BCUT2D eigenvalue weighted by Gasteiger charge is -2.10. The minimum Gasteiger partial charge on any atom is -0.481 e. The molecule has 0 aliphatic heterocycles. The third-order valence-corrected chi connectivity index (χ3v) is 3.92. The lowest BCUT2D eigenvalue weighted by molar-refractivity contribution is 0.399. The summed E-state index contributed by atoms with van der Waals surface area (Å²) in [7, 11) is 1.52. The Balaban J connectivity index is 2.39. The molecule has 0 fully saturated rings. The number of alkyl halides is 1. The van der Waals surface area contributed by atoms with Crippen molar-refractivity contribution in [3.8, 4) is 11.6 Å². The minimum atomic E-state index is -0.389. The first-order valence-electron chi connectivity index (χ1n) is 6.08. The first-order valence-corrected chi connectivity index (χ1v) is 7.41. The van der Waals surface area contributed by atoms with E-state index in [1.54, 1.807) is 28.8 Å². The van der Waals surface area contributed by atoms with E-state index < -0.39 is 0 Å². The molecule has 4 nitrogen and oxygen atoms in total. The Morgan fingerprint density at radius 2 is 2.10 bits per heavy atom. The van der Waals surface area contributed by atoms with Gasteiger partial charge in [0, 0.05) is 10.5 Å². The number of para-hydroxylation sites is 1. The maximum Gasteiger partial charge on any atom is 0.215 e. The lowest BCUT2D eigenvalue weighted by Crippen LogP contribution is -2.04. The van der Waals surface area contributed by atoms with Crippen LogP contribution in [0, 0.1) is 5.82 Å². The van der Waals surface area contributed by atoms with Crippen LogP contribution in [0.15, 0.2) is 34.8 Å². The topological polar surface area (TPSA) is 39.9 Å². The van der Waals surface area contributed by atoms with Gasteiger partial charge in [0.15, 0.2) is 5.65 Å². The number of aromatic nitrogens is 3. The summed E-state index contributed by atoms with van der Waals surface area (Å²) < 4.78 is 21.6. The number of ether oxygens (including phenoxy) is 1. The molecule has 2 aromatic heterocycles. The Morgan fingerprint density at radius 3 is 2.76 bits per heavy atom. The lowest BCUT2D eigenvalue weighted by atomic mass is 10.3. The predicted molar refractivity (Wildman–Crippen MR) is 82.6 cm³/mol. The van der Waals surface area contributed by atoms with E-state index in [-0.39, 0.29) is 11.7 Å². The SMILES string of the molecule is COc1ccc2nc(CCl)n(-c3c(F)cccc3Br)c2n1. The zero-order valence-electron chi connectivity index (χ0n) is 11.0. The van der Waals surface area contributed by atoms with E-state index in [1.165, 1.54) is 13.2 Å². The highest BCUT2D eigenvalue weighted by Crippen LogP contribution is 2.30. The van der Waals surface area contributed by atoms with E-state index in [0.29, 0.717) is 33.0 Å². The van der Waals surface area contributed by atoms with Gasteiger partial charge in [0.2, 0.25) is 5.88 Å². The number of hydrogen-bond donors (Lipinski definition) is 0. The normalized spacial score (nSPS) is 11.0. The monoisotopic (exact) mass is 369 g/mol. The molecule has 0 bridgehead atoms. The van der Waals surface area contributed by atoms with Crippen molar-refractivity contribution in [1.29, 1.82) is 0 Å². The van der Waals surface area contributed by atoms with Crippen LogP contribution in [0.4, 0.5) is 4.39 Å². The maximum atomic E-state index is 14.3. The largest absolute Gasteiger partial charge is 0.481 e. The zero-order valence-corrected chi connectivity index (χ0v) is 13.3. The average molecular weight is 371 g/mol. The van der Waals surface area contributed by atoms with Crippen molar-refractivity contribution in [2.24, 2.45) is 0 Å². The number of pyridine rings is 1. The number of nitrogens with zero attached hydrogens (tertiary/aromatic N) is 3. The van der Waals surface area contributed by atoms with E-state index in [2.05, 4.69) is 25.9 Å². The van der Waals surface area contributed by atoms with E-state index in [1.807, 2.05) is 0 Å². The van der Waals surface area contributed by atoms with E-state index in [0.717, 1.165) is 0 Å². The van der Waals surface area contributed by atoms with Crippen molar-refractivity contribution < 1.29 is 9.13 Å². The first-order chi connectivity index (χ1) is 10.2. The van der Waals surface area contributed by atoms with Crippen LogP contribution >= 0.6 is 27.5 Å². The summed E-state index contributed by atoms with van der Waals surface area (Å²) in [5, 5.41) is 0. The van der Waals surface area contributed by atoms with Crippen LogP contribution in [0.25, 0.3) is 16.9 Å². The number of methoxy groups -OCH3 is 1. The smallest absolute Gasteiger partial charge is 0.215 e.